The number of hydrogen-bond acceptors (Lipinski definition) is 5. The van der Waals surface area contributed by atoms with Crippen LogP contribution < -0.4 is 14.4 Å². The van der Waals surface area contributed by atoms with Crippen LogP contribution in [0.2, 0.25) is 0 Å². The maximum atomic E-state index is 13.0. The number of fused-ring (bicyclic) bond motifs is 1. The van der Waals surface area contributed by atoms with Gasteiger partial charge in [-0.15, -0.1) is 0 Å². The van der Waals surface area contributed by atoms with Crippen LogP contribution >= 0.6 is 0 Å². The van der Waals surface area contributed by atoms with E-state index in [0.29, 0.717) is 23.6 Å². The van der Waals surface area contributed by atoms with Gasteiger partial charge in [-0.1, -0.05) is 12.1 Å². The highest BCUT2D eigenvalue weighted by Gasteiger charge is 2.37. The minimum atomic E-state index is -2.91. The standard InChI is InChI=1S/C26H22F2N2O5/c1-3-34-19-11-7-18(8-12-19)30-24(32)21-13-6-17(14-22(21)25(30)33)23(31)29(2)15-16-4-9-20(10-5-16)35-26(27)28/h4-14,26H,3,15H2,1-2H3. The van der Waals surface area contributed by atoms with Gasteiger partial charge in [0.2, 0.25) is 0 Å². The number of alkyl halides is 2. The molecule has 0 bridgehead atoms. The molecule has 0 fully saturated rings. The van der Waals surface area contributed by atoms with E-state index in [4.69, 9.17) is 4.74 Å². The predicted octanol–water partition coefficient (Wildman–Crippen LogP) is 4.76. The fraction of sp³-hybridized carbons (Fsp3) is 0.192. The van der Waals surface area contributed by atoms with Crippen LogP contribution in [0.15, 0.2) is 66.7 Å². The average Bonchev–Trinajstić information content (AvgIpc) is 3.09. The molecule has 3 aromatic rings. The number of carbonyl (C=O) groups excluding carboxylic acids is 3. The van der Waals surface area contributed by atoms with Crippen LogP contribution in [0.5, 0.6) is 11.5 Å². The molecule has 1 aliphatic heterocycles. The fourth-order valence-corrected chi connectivity index (χ4v) is 3.81. The molecule has 0 atom stereocenters. The van der Waals surface area contributed by atoms with Gasteiger partial charge in [-0.25, -0.2) is 4.90 Å². The first-order valence-electron chi connectivity index (χ1n) is 10.8. The predicted molar refractivity (Wildman–Crippen MR) is 124 cm³/mol. The van der Waals surface area contributed by atoms with Crippen LogP contribution in [-0.4, -0.2) is 42.9 Å². The second kappa shape index (κ2) is 9.92. The molecule has 0 aliphatic carbocycles. The number of carbonyl (C=O) groups is 3. The van der Waals surface area contributed by atoms with E-state index in [9.17, 15) is 23.2 Å². The van der Waals surface area contributed by atoms with E-state index in [0.717, 1.165) is 4.90 Å². The zero-order valence-corrected chi connectivity index (χ0v) is 19.0. The number of ether oxygens (including phenoxy) is 2. The molecular weight excluding hydrogens is 458 g/mol. The van der Waals surface area contributed by atoms with Gasteiger partial charge in [0.05, 0.1) is 23.4 Å². The quantitative estimate of drug-likeness (QED) is 0.435. The van der Waals surface area contributed by atoms with E-state index in [2.05, 4.69) is 4.74 Å². The van der Waals surface area contributed by atoms with E-state index in [-0.39, 0.29) is 34.9 Å². The van der Waals surface area contributed by atoms with Crippen LogP contribution in [0, 0.1) is 0 Å². The molecule has 1 heterocycles. The number of halogens is 2. The summed E-state index contributed by atoms with van der Waals surface area (Å²) in [5.74, 6) is -0.689. The van der Waals surface area contributed by atoms with Crippen molar-refractivity contribution in [1.29, 1.82) is 0 Å². The van der Waals surface area contributed by atoms with E-state index < -0.39 is 18.4 Å². The summed E-state index contributed by atoms with van der Waals surface area (Å²) >= 11 is 0. The number of imide groups is 1. The van der Waals surface area contributed by atoms with Gasteiger partial charge in [0, 0.05) is 19.2 Å². The Labute approximate surface area is 200 Å². The Bertz CT molecular complexity index is 1260. The molecule has 0 N–H and O–H groups in total. The summed E-state index contributed by atoms with van der Waals surface area (Å²) in [6.45, 7) is -0.355. The molecule has 0 spiro atoms. The normalized spacial score (nSPS) is 12.7. The molecule has 7 nitrogen and oxygen atoms in total. The molecule has 0 aromatic heterocycles. The van der Waals surface area contributed by atoms with E-state index in [1.807, 2.05) is 6.92 Å². The van der Waals surface area contributed by atoms with Crippen molar-refractivity contribution < 1.29 is 32.6 Å². The zero-order chi connectivity index (χ0) is 25.1. The highest BCUT2D eigenvalue weighted by atomic mass is 19.3. The summed E-state index contributed by atoms with van der Waals surface area (Å²) in [5.41, 5.74) is 1.73. The number of benzene rings is 3. The van der Waals surface area contributed by atoms with Crippen molar-refractivity contribution in [3.8, 4) is 11.5 Å². The smallest absolute Gasteiger partial charge is 0.387 e. The van der Waals surface area contributed by atoms with Crippen LogP contribution in [0.25, 0.3) is 0 Å². The van der Waals surface area contributed by atoms with Crippen molar-refractivity contribution in [3.05, 3.63) is 89.0 Å². The lowest BCUT2D eigenvalue weighted by Gasteiger charge is -2.18. The first-order valence-corrected chi connectivity index (χ1v) is 10.8. The summed E-state index contributed by atoms with van der Waals surface area (Å²) in [6, 6.07) is 17.0. The van der Waals surface area contributed by atoms with Gasteiger partial charge < -0.3 is 14.4 Å². The summed E-state index contributed by atoms with van der Waals surface area (Å²) in [5, 5.41) is 0. The van der Waals surface area contributed by atoms with Gasteiger partial charge in [-0.05, 0) is 67.1 Å². The lowest BCUT2D eigenvalue weighted by molar-refractivity contribution is -0.0498. The molecule has 9 heteroatoms. The van der Waals surface area contributed by atoms with Gasteiger partial charge in [-0.3, -0.25) is 14.4 Å². The van der Waals surface area contributed by atoms with Gasteiger partial charge >= 0.3 is 6.61 Å². The molecule has 35 heavy (non-hydrogen) atoms. The first kappa shape index (κ1) is 23.9. The van der Waals surface area contributed by atoms with Gasteiger partial charge in [0.1, 0.15) is 11.5 Å². The highest BCUT2D eigenvalue weighted by Crippen LogP contribution is 2.30. The lowest BCUT2D eigenvalue weighted by Crippen LogP contribution is -2.29. The molecule has 0 saturated heterocycles. The molecule has 3 aromatic carbocycles. The second-order valence-corrected chi connectivity index (χ2v) is 7.82. The van der Waals surface area contributed by atoms with Crippen LogP contribution in [-0.2, 0) is 6.54 Å². The van der Waals surface area contributed by atoms with E-state index in [1.165, 1.54) is 35.2 Å². The van der Waals surface area contributed by atoms with Crippen molar-refractivity contribution in [2.45, 2.75) is 20.1 Å². The minimum Gasteiger partial charge on any atom is -0.494 e. The molecule has 0 unspecified atom stereocenters. The Morgan fingerprint density at radius 3 is 2.17 bits per heavy atom. The Hall–Kier alpha value is -4.27. The SMILES string of the molecule is CCOc1ccc(N2C(=O)c3ccc(C(=O)N(C)Cc4ccc(OC(F)F)cc4)cc3C2=O)cc1. The molecule has 0 saturated carbocycles. The molecule has 1 aliphatic rings. The van der Waals surface area contributed by atoms with Crippen molar-refractivity contribution in [1.82, 2.24) is 4.90 Å². The van der Waals surface area contributed by atoms with E-state index in [1.54, 1.807) is 43.4 Å². The number of anilines is 1. The number of hydrogen-bond donors (Lipinski definition) is 0. The molecule has 4 rings (SSSR count). The summed E-state index contributed by atoms with van der Waals surface area (Å²) in [4.78, 5) is 41.4. The first-order chi connectivity index (χ1) is 16.8. The second-order valence-electron chi connectivity index (χ2n) is 7.82. The Morgan fingerprint density at radius 1 is 0.914 bits per heavy atom. The average molecular weight is 480 g/mol. The summed E-state index contributed by atoms with van der Waals surface area (Å²) < 4.78 is 34.3. The summed E-state index contributed by atoms with van der Waals surface area (Å²) in [6.07, 6.45) is 0. The number of amides is 3. The minimum absolute atomic E-state index is 0.0246. The fourth-order valence-electron chi connectivity index (χ4n) is 3.81. The van der Waals surface area contributed by atoms with Gasteiger partial charge in [-0.2, -0.15) is 8.78 Å². The monoisotopic (exact) mass is 480 g/mol. The van der Waals surface area contributed by atoms with Crippen molar-refractivity contribution in [3.63, 3.8) is 0 Å². The number of rotatable bonds is 8. The van der Waals surface area contributed by atoms with Crippen LogP contribution in [0.3, 0.4) is 0 Å². The van der Waals surface area contributed by atoms with Gasteiger partial charge in [0.25, 0.3) is 17.7 Å². The Kier molecular flexibility index (Phi) is 6.77. The highest BCUT2D eigenvalue weighted by molar-refractivity contribution is 6.34. The molecule has 3 amide bonds. The molecule has 0 radical (unpaired) electrons. The molecular formula is C26H22F2N2O5. The number of nitrogens with zero attached hydrogens (tertiary/aromatic N) is 2. The van der Waals surface area contributed by atoms with Crippen LogP contribution in [0.1, 0.15) is 43.6 Å². The molecule has 180 valence electrons. The van der Waals surface area contributed by atoms with E-state index >= 15 is 0 Å². The van der Waals surface area contributed by atoms with Crippen LogP contribution in [0.4, 0.5) is 14.5 Å². The maximum Gasteiger partial charge on any atom is 0.387 e. The zero-order valence-electron chi connectivity index (χ0n) is 19.0. The third-order valence-electron chi connectivity index (χ3n) is 5.45. The summed E-state index contributed by atoms with van der Waals surface area (Å²) in [7, 11) is 1.58. The van der Waals surface area contributed by atoms with Crippen molar-refractivity contribution >= 4 is 23.4 Å². The Balaban J connectivity index is 1.49. The third-order valence-corrected chi connectivity index (χ3v) is 5.45. The maximum absolute atomic E-state index is 13.0. The lowest BCUT2D eigenvalue weighted by atomic mass is 10.0. The van der Waals surface area contributed by atoms with Gasteiger partial charge in [0.15, 0.2) is 0 Å². The van der Waals surface area contributed by atoms with Crippen molar-refractivity contribution in [2.75, 3.05) is 18.6 Å². The Morgan fingerprint density at radius 2 is 1.54 bits per heavy atom. The third kappa shape index (κ3) is 4.98. The van der Waals surface area contributed by atoms with Crippen molar-refractivity contribution in [2.24, 2.45) is 0 Å². The largest absolute Gasteiger partial charge is 0.494 e. The topological polar surface area (TPSA) is 76.2 Å².